The number of hydrogen-bond acceptors (Lipinski definition) is 5. The van der Waals surface area contributed by atoms with E-state index in [1.165, 1.54) is 21.9 Å². The maximum Gasteiger partial charge on any atom is 0.274 e. The number of aromatic nitrogens is 4. The number of anilines is 2. The minimum absolute atomic E-state index is 0. The smallest absolute Gasteiger partial charge is 0.274 e. The van der Waals surface area contributed by atoms with Crippen LogP contribution >= 0.6 is 11.6 Å². The number of H-pyrrole nitrogens is 2. The minimum atomic E-state index is -0.370. The lowest BCUT2D eigenvalue weighted by atomic mass is 9.98. The number of halogens is 2. The number of quaternary nitrogens is 1. The number of carbonyl (C=O) groups is 1. The third-order valence-electron chi connectivity index (χ3n) is 8.31. The molecule has 1 amide bonds. The van der Waals surface area contributed by atoms with Crippen molar-refractivity contribution in [2.45, 2.75) is 31.7 Å². The molecule has 0 spiro atoms. The number of rotatable bonds is 8. The summed E-state index contributed by atoms with van der Waals surface area (Å²) in [6.45, 7) is 3.84. The van der Waals surface area contributed by atoms with Crippen LogP contribution in [0, 0.1) is 0 Å². The van der Waals surface area contributed by atoms with Gasteiger partial charge >= 0.3 is 0 Å². The molecule has 1 saturated heterocycles. The lowest BCUT2D eigenvalue weighted by Gasteiger charge is -2.45. The van der Waals surface area contributed by atoms with Crippen molar-refractivity contribution >= 4 is 50.9 Å². The first kappa shape index (κ1) is 28.7. The van der Waals surface area contributed by atoms with E-state index in [4.69, 9.17) is 23.1 Å². The van der Waals surface area contributed by atoms with Gasteiger partial charge in [0.2, 0.25) is 0 Å². The van der Waals surface area contributed by atoms with Crippen molar-refractivity contribution in [3.8, 4) is 0 Å². The molecule has 7 N–H and O–H groups in total. The Morgan fingerprint density at radius 3 is 2.12 bits per heavy atom. The molecule has 0 aliphatic carbocycles. The van der Waals surface area contributed by atoms with E-state index in [1.54, 1.807) is 0 Å². The lowest BCUT2D eigenvalue weighted by Crippen LogP contribution is -3.00. The number of aromatic amines is 2. The molecule has 4 heterocycles. The Balaban J connectivity index is 0.00000337. The molecular weight excluding hydrogens is 559 g/mol. The predicted octanol–water partition coefficient (Wildman–Crippen LogP) is 1.46. The van der Waals surface area contributed by atoms with Gasteiger partial charge < -0.3 is 43.6 Å². The summed E-state index contributed by atoms with van der Waals surface area (Å²) in [6, 6.07) is 16.9. The molecule has 0 bridgehead atoms. The second-order valence-electron chi connectivity index (χ2n) is 10.9. The van der Waals surface area contributed by atoms with Gasteiger partial charge in [0.15, 0.2) is 22.5 Å². The summed E-state index contributed by atoms with van der Waals surface area (Å²) in [5.74, 6) is -0.376. The second-order valence-corrected chi connectivity index (χ2v) is 11.2. The van der Waals surface area contributed by atoms with Gasteiger partial charge in [-0.15, -0.1) is 0 Å². The minimum Gasteiger partial charge on any atom is -1.00 e. The van der Waals surface area contributed by atoms with Gasteiger partial charge in [-0.05, 0) is 36.1 Å². The molecule has 0 radical (unpaired) electrons. The SMILES string of the molecule is Nc1nc(N)c(C(=O)NC2CCC[N+](CCc3c[nH]c4ccccc34)(CCc3c[nH]c4ccccc34)C2)nc1Cl.[Cl-]. The molecular formula is C30H34Cl2N8O. The van der Waals surface area contributed by atoms with Gasteiger partial charge in [-0.1, -0.05) is 48.0 Å². The molecule has 214 valence electrons. The molecule has 0 saturated carbocycles. The first-order valence-electron chi connectivity index (χ1n) is 13.8. The highest BCUT2D eigenvalue weighted by atomic mass is 35.5. The fourth-order valence-electron chi connectivity index (χ4n) is 6.21. The number of nitrogen functional groups attached to an aromatic ring is 2. The highest BCUT2D eigenvalue weighted by molar-refractivity contribution is 6.31. The van der Waals surface area contributed by atoms with E-state index in [2.05, 4.69) is 86.2 Å². The number of piperidine rings is 1. The number of nitrogens with zero attached hydrogens (tertiary/aromatic N) is 3. The van der Waals surface area contributed by atoms with E-state index in [0.29, 0.717) is 0 Å². The molecule has 41 heavy (non-hydrogen) atoms. The first-order chi connectivity index (χ1) is 19.4. The topological polar surface area (TPSA) is 138 Å². The molecule has 1 atom stereocenters. The number of likely N-dealkylation sites (tertiary alicyclic amines) is 1. The number of fused-ring (bicyclic) bond motifs is 2. The van der Waals surface area contributed by atoms with E-state index in [1.807, 2.05) is 0 Å². The fourth-order valence-corrected chi connectivity index (χ4v) is 6.34. The Bertz CT molecular complexity index is 1600. The van der Waals surface area contributed by atoms with Crippen molar-refractivity contribution in [3.63, 3.8) is 0 Å². The molecule has 3 aromatic heterocycles. The average Bonchev–Trinajstić information content (AvgIpc) is 3.57. The monoisotopic (exact) mass is 592 g/mol. The third kappa shape index (κ3) is 5.98. The molecule has 1 unspecified atom stereocenters. The summed E-state index contributed by atoms with van der Waals surface area (Å²) in [4.78, 5) is 28.1. The van der Waals surface area contributed by atoms with Crippen LogP contribution in [0.2, 0.25) is 5.15 Å². The number of carbonyl (C=O) groups excluding carboxylic acids is 1. The number of hydrogen-bond donors (Lipinski definition) is 5. The number of para-hydroxylation sites is 2. The van der Waals surface area contributed by atoms with Crippen LogP contribution in [0.1, 0.15) is 34.5 Å². The second kappa shape index (κ2) is 12.0. The molecule has 9 nitrogen and oxygen atoms in total. The molecule has 1 aliphatic heterocycles. The van der Waals surface area contributed by atoms with Gasteiger partial charge in [0.25, 0.3) is 5.91 Å². The van der Waals surface area contributed by atoms with Crippen LogP contribution in [0.5, 0.6) is 0 Å². The van der Waals surface area contributed by atoms with Crippen molar-refractivity contribution in [2.75, 3.05) is 37.6 Å². The van der Waals surface area contributed by atoms with E-state index in [9.17, 15) is 4.79 Å². The highest BCUT2D eigenvalue weighted by Crippen LogP contribution is 2.27. The number of amides is 1. The molecule has 6 rings (SSSR count). The van der Waals surface area contributed by atoms with Crippen molar-refractivity contribution < 1.29 is 21.7 Å². The highest BCUT2D eigenvalue weighted by Gasteiger charge is 2.36. The molecule has 1 aliphatic rings. The third-order valence-corrected chi connectivity index (χ3v) is 8.59. The van der Waals surface area contributed by atoms with Gasteiger partial charge in [-0.25, -0.2) is 9.97 Å². The summed E-state index contributed by atoms with van der Waals surface area (Å²) in [5, 5.41) is 5.69. The summed E-state index contributed by atoms with van der Waals surface area (Å²) in [7, 11) is 0. The maximum atomic E-state index is 13.2. The molecule has 5 aromatic rings. The standard InChI is InChI=1S/C30H33ClN8O.ClH/c31-27-29(33)38-28(32)26(37-27)30(40)36-21-6-5-13-39(18-21,14-11-19-16-34-24-9-3-1-7-22(19)24)15-12-20-17-35-25-10-4-2-8-23(20)25;/h1-4,7-10,16-17,21,34-35H,5-6,11-15,18H2,(H4-,32,33,36,38,40);1H. The quantitative estimate of drug-likeness (QED) is 0.174. The van der Waals surface area contributed by atoms with Crippen molar-refractivity contribution in [1.82, 2.24) is 25.3 Å². The van der Waals surface area contributed by atoms with Gasteiger partial charge in [0, 0.05) is 47.0 Å². The average molecular weight is 594 g/mol. The summed E-state index contributed by atoms with van der Waals surface area (Å²) >= 11 is 6.04. The van der Waals surface area contributed by atoms with Crippen LogP contribution in [0.25, 0.3) is 21.8 Å². The van der Waals surface area contributed by atoms with Crippen LogP contribution in [-0.2, 0) is 12.8 Å². The van der Waals surface area contributed by atoms with Crippen LogP contribution in [-0.4, -0.2) is 62.5 Å². The zero-order valence-corrected chi connectivity index (χ0v) is 24.2. The summed E-state index contributed by atoms with van der Waals surface area (Å²) < 4.78 is 0.910. The maximum absolute atomic E-state index is 13.2. The van der Waals surface area contributed by atoms with Crippen LogP contribution in [0.15, 0.2) is 60.9 Å². The molecule has 1 fully saturated rings. The van der Waals surface area contributed by atoms with Crippen LogP contribution < -0.4 is 29.2 Å². The number of benzene rings is 2. The molecule has 2 aromatic carbocycles. The van der Waals surface area contributed by atoms with Crippen LogP contribution in [0.3, 0.4) is 0 Å². The Morgan fingerprint density at radius 1 is 0.927 bits per heavy atom. The predicted molar refractivity (Wildman–Crippen MR) is 160 cm³/mol. The zero-order chi connectivity index (χ0) is 27.7. The Kier molecular flexibility index (Phi) is 8.40. The van der Waals surface area contributed by atoms with E-state index >= 15 is 0 Å². The Hall–Kier alpha value is -3.79. The summed E-state index contributed by atoms with van der Waals surface area (Å²) in [6.07, 6.45) is 8.07. The lowest BCUT2D eigenvalue weighted by molar-refractivity contribution is -0.933. The van der Waals surface area contributed by atoms with E-state index in [-0.39, 0.29) is 46.8 Å². The Labute approximate surface area is 249 Å². The van der Waals surface area contributed by atoms with Crippen molar-refractivity contribution in [3.05, 3.63) is 82.9 Å². The number of nitrogens with two attached hydrogens (primary N) is 2. The van der Waals surface area contributed by atoms with Crippen molar-refractivity contribution in [2.24, 2.45) is 0 Å². The van der Waals surface area contributed by atoms with Gasteiger partial charge in [-0.3, -0.25) is 4.79 Å². The van der Waals surface area contributed by atoms with Crippen LogP contribution in [0.4, 0.5) is 11.6 Å². The summed E-state index contributed by atoms with van der Waals surface area (Å²) in [5.41, 5.74) is 16.6. The van der Waals surface area contributed by atoms with E-state index < -0.39 is 0 Å². The first-order valence-corrected chi connectivity index (χ1v) is 14.1. The normalized spacial score (nSPS) is 16.5. The fraction of sp³-hybridized carbons (Fsp3) is 0.300. The van der Waals surface area contributed by atoms with Gasteiger partial charge in [-0.2, -0.15) is 0 Å². The van der Waals surface area contributed by atoms with E-state index in [0.717, 1.165) is 67.4 Å². The van der Waals surface area contributed by atoms with Gasteiger partial charge in [0.05, 0.1) is 32.2 Å². The molecule has 11 heteroatoms. The largest absolute Gasteiger partial charge is 1.00 e. The zero-order valence-electron chi connectivity index (χ0n) is 22.7. The van der Waals surface area contributed by atoms with Gasteiger partial charge in [0.1, 0.15) is 0 Å². The number of nitrogens with one attached hydrogen (secondary N) is 3. The Morgan fingerprint density at radius 2 is 1.51 bits per heavy atom. The van der Waals surface area contributed by atoms with Crippen molar-refractivity contribution in [1.29, 1.82) is 0 Å².